The summed E-state index contributed by atoms with van der Waals surface area (Å²) >= 11 is 0. The number of imide groups is 1. The van der Waals surface area contributed by atoms with Crippen molar-refractivity contribution in [2.24, 2.45) is 5.73 Å². The number of nitrogens with two attached hydrogens (primary N) is 1. The lowest BCUT2D eigenvalue weighted by Crippen LogP contribution is -2.44. The normalized spacial score (nSPS) is 12.6. The zero-order valence-electron chi connectivity index (χ0n) is 22.3. The summed E-state index contributed by atoms with van der Waals surface area (Å²) in [6.45, 7) is -0.748. The van der Waals surface area contributed by atoms with Crippen molar-refractivity contribution in [3.63, 3.8) is 0 Å². The Labute approximate surface area is 232 Å². The minimum absolute atomic E-state index is 0.367. The van der Waals surface area contributed by atoms with Crippen LogP contribution in [0.25, 0.3) is 11.1 Å². The van der Waals surface area contributed by atoms with Crippen molar-refractivity contribution < 1.29 is 28.5 Å². The number of fused-ring (bicyclic) bond motifs is 3. The van der Waals surface area contributed by atoms with E-state index in [1.54, 1.807) is 50.6 Å². The molecule has 2 N–H and O–H groups in total. The number of para-hydroxylation sites is 1. The fourth-order valence-electron chi connectivity index (χ4n) is 5.08. The van der Waals surface area contributed by atoms with Crippen molar-refractivity contribution in [1.29, 1.82) is 0 Å². The van der Waals surface area contributed by atoms with Crippen molar-refractivity contribution in [3.8, 4) is 28.4 Å². The maximum atomic E-state index is 13.6. The predicted octanol–water partition coefficient (Wildman–Crippen LogP) is 5.52. The molecule has 0 fully saturated rings. The molecule has 8 nitrogen and oxygen atoms in total. The van der Waals surface area contributed by atoms with Crippen LogP contribution in [0.1, 0.15) is 28.7 Å². The Bertz CT molecular complexity index is 1460. The number of ether oxygens (including phenoxy) is 4. The van der Waals surface area contributed by atoms with Crippen LogP contribution in [-0.2, 0) is 9.53 Å². The van der Waals surface area contributed by atoms with Crippen molar-refractivity contribution in [2.75, 3.05) is 27.5 Å². The molecule has 5 rings (SSSR count). The fourth-order valence-corrected chi connectivity index (χ4v) is 5.08. The van der Waals surface area contributed by atoms with E-state index in [9.17, 15) is 9.59 Å². The number of carbonyl (C=O) groups excluding carboxylic acids is 2. The summed E-state index contributed by atoms with van der Waals surface area (Å²) < 4.78 is 22.8. The lowest BCUT2D eigenvalue weighted by Gasteiger charge is -2.29. The third-order valence-electron chi connectivity index (χ3n) is 6.97. The van der Waals surface area contributed by atoms with Crippen molar-refractivity contribution in [1.82, 2.24) is 4.90 Å². The maximum absolute atomic E-state index is 13.6. The summed E-state index contributed by atoms with van der Waals surface area (Å²) in [5, 5.41) is 0. The van der Waals surface area contributed by atoms with Crippen molar-refractivity contribution in [2.45, 2.75) is 12.0 Å². The van der Waals surface area contributed by atoms with Crippen LogP contribution in [0.2, 0.25) is 0 Å². The number of amides is 2. The van der Waals surface area contributed by atoms with E-state index in [-0.39, 0.29) is 19.2 Å². The van der Waals surface area contributed by atoms with Crippen LogP contribution < -0.4 is 19.9 Å². The molecule has 1 unspecified atom stereocenters. The standard InChI is InChI=1S/C32H30N2O6/c1-37-22-16-17-27(28(18-22)38-2)31(30-25-14-8-6-12-23(25)24-13-7-9-15-26(24)30)40-32(36)34(20-33)29(35)19-39-21-10-4-3-5-11-21/h3-18,30-31H,19-20,33H2,1-2H3. The van der Waals surface area contributed by atoms with E-state index in [0.29, 0.717) is 22.8 Å². The van der Waals surface area contributed by atoms with E-state index in [1.165, 1.54) is 0 Å². The lowest BCUT2D eigenvalue weighted by atomic mass is 9.86. The summed E-state index contributed by atoms with van der Waals surface area (Å²) in [6, 6.07) is 30.2. The highest BCUT2D eigenvalue weighted by atomic mass is 16.6. The largest absolute Gasteiger partial charge is 0.497 e. The first-order valence-electron chi connectivity index (χ1n) is 12.8. The van der Waals surface area contributed by atoms with E-state index < -0.39 is 18.1 Å². The second kappa shape index (κ2) is 11.9. The Kier molecular flexibility index (Phi) is 7.98. The third-order valence-corrected chi connectivity index (χ3v) is 6.97. The summed E-state index contributed by atoms with van der Waals surface area (Å²) in [7, 11) is 3.11. The van der Waals surface area contributed by atoms with E-state index in [1.807, 2.05) is 48.5 Å². The molecule has 8 heteroatoms. The van der Waals surface area contributed by atoms with Crippen molar-refractivity contribution in [3.05, 3.63) is 114 Å². The van der Waals surface area contributed by atoms with Gasteiger partial charge in [0.15, 0.2) is 6.61 Å². The number of benzene rings is 4. The van der Waals surface area contributed by atoms with Crippen LogP contribution >= 0.6 is 0 Å². The number of rotatable bonds is 9. The third kappa shape index (κ3) is 5.21. The zero-order valence-corrected chi connectivity index (χ0v) is 22.3. The first-order chi connectivity index (χ1) is 19.5. The lowest BCUT2D eigenvalue weighted by molar-refractivity contribution is -0.132. The molecule has 4 aromatic rings. The topological polar surface area (TPSA) is 100 Å². The van der Waals surface area contributed by atoms with Crippen LogP contribution in [-0.4, -0.2) is 44.4 Å². The van der Waals surface area contributed by atoms with E-state index in [0.717, 1.165) is 27.2 Å². The first-order valence-corrected chi connectivity index (χ1v) is 12.8. The molecular formula is C32H30N2O6. The predicted molar refractivity (Wildman–Crippen MR) is 150 cm³/mol. The van der Waals surface area contributed by atoms with Crippen LogP contribution in [0.4, 0.5) is 4.79 Å². The first kappa shape index (κ1) is 26.8. The Morgan fingerprint density at radius 2 is 1.43 bits per heavy atom. The van der Waals surface area contributed by atoms with Gasteiger partial charge in [-0.15, -0.1) is 0 Å². The monoisotopic (exact) mass is 538 g/mol. The molecule has 40 heavy (non-hydrogen) atoms. The molecule has 1 aliphatic rings. The molecule has 0 saturated heterocycles. The Hall–Kier alpha value is -4.82. The Morgan fingerprint density at radius 1 is 0.800 bits per heavy atom. The zero-order chi connectivity index (χ0) is 28.1. The van der Waals surface area contributed by atoms with Crippen LogP contribution in [0.5, 0.6) is 17.2 Å². The minimum Gasteiger partial charge on any atom is -0.497 e. The molecule has 0 heterocycles. The van der Waals surface area contributed by atoms with Crippen LogP contribution in [0, 0.1) is 0 Å². The van der Waals surface area contributed by atoms with E-state index in [4.69, 9.17) is 24.7 Å². The highest BCUT2D eigenvalue weighted by Crippen LogP contribution is 2.52. The second-order valence-corrected chi connectivity index (χ2v) is 9.17. The molecule has 2 amide bonds. The Balaban J connectivity index is 1.52. The number of carbonyl (C=O) groups is 2. The van der Waals surface area contributed by atoms with Crippen LogP contribution in [0.3, 0.4) is 0 Å². The molecule has 0 bridgehead atoms. The van der Waals surface area contributed by atoms with Gasteiger partial charge >= 0.3 is 6.09 Å². The highest BCUT2D eigenvalue weighted by Gasteiger charge is 2.40. The van der Waals surface area contributed by atoms with Gasteiger partial charge in [0.25, 0.3) is 5.91 Å². The van der Waals surface area contributed by atoms with Gasteiger partial charge in [-0.05, 0) is 46.5 Å². The van der Waals surface area contributed by atoms with Gasteiger partial charge in [0.1, 0.15) is 23.4 Å². The minimum atomic E-state index is -0.881. The Morgan fingerprint density at radius 3 is 2.02 bits per heavy atom. The maximum Gasteiger partial charge on any atom is 0.418 e. The van der Waals surface area contributed by atoms with Gasteiger partial charge in [-0.3, -0.25) is 4.79 Å². The quantitative estimate of drug-likeness (QED) is 0.280. The van der Waals surface area contributed by atoms with Gasteiger partial charge in [-0.25, -0.2) is 9.69 Å². The summed E-state index contributed by atoms with van der Waals surface area (Å²) in [5.41, 5.74) is 10.6. The summed E-state index contributed by atoms with van der Waals surface area (Å²) in [4.78, 5) is 27.5. The number of nitrogens with zero attached hydrogens (tertiary/aromatic N) is 1. The van der Waals surface area contributed by atoms with Gasteiger partial charge in [0.2, 0.25) is 0 Å². The smallest absolute Gasteiger partial charge is 0.418 e. The summed E-state index contributed by atoms with van der Waals surface area (Å²) in [6.07, 6.45) is -1.73. The van der Waals surface area contributed by atoms with Gasteiger partial charge in [-0.1, -0.05) is 66.7 Å². The fraction of sp³-hybridized carbons (Fsp3) is 0.188. The van der Waals surface area contributed by atoms with Gasteiger partial charge in [0, 0.05) is 11.6 Å². The van der Waals surface area contributed by atoms with Crippen LogP contribution in [0.15, 0.2) is 97.1 Å². The average molecular weight is 539 g/mol. The molecule has 0 saturated carbocycles. The number of methoxy groups -OCH3 is 2. The molecule has 0 aliphatic heterocycles. The number of hydrogen-bond donors (Lipinski definition) is 1. The van der Waals surface area contributed by atoms with Gasteiger partial charge < -0.3 is 24.7 Å². The SMILES string of the molecule is COc1ccc(C(OC(=O)N(CN)C(=O)COc2ccccc2)C2c3ccccc3-c3ccccc32)c(OC)c1. The molecule has 4 aromatic carbocycles. The molecule has 1 aliphatic carbocycles. The number of hydrogen-bond acceptors (Lipinski definition) is 7. The molecule has 0 aromatic heterocycles. The molecular weight excluding hydrogens is 508 g/mol. The average Bonchev–Trinajstić information content (AvgIpc) is 3.33. The molecule has 1 atom stereocenters. The van der Waals surface area contributed by atoms with Gasteiger partial charge in [0.05, 0.1) is 26.8 Å². The van der Waals surface area contributed by atoms with Gasteiger partial charge in [-0.2, -0.15) is 0 Å². The van der Waals surface area contributed by atoms with E-state index in [2.05, 4.69) is 12.1 Å². The summed E-state index contributed by atoms with van der Waals surface area (Å²) in [5.74, 6) is 0.589. The second-order valence-electron chi connectivity index (χ2n) is 9.17. The van der Waals surface area contributed by atoms with E-state index >= 15 is 0 Å². The highest BCUT2D eigenvalue weighted by molar-refractivity contribution is 5.93. The molecule has 0 radical (unpaired) electrons. The molecule has 204 valence electrons. The van der Waals surface area contributed by atoms with Crippen molar-refractivity contribution >= 4 is 12.0 Å². The molecule has 0 spiro atoms.